The van der Waals surface area contributed by atoms with Crippen molar-refractivity contribution < 1.29 is 4.79 Å². The van der Waals surface area contributed by atoms with Gasteiger partial charge in [0.25, 0.3) is 5.91 Å². The van der Waals surface area contributed by atoms with E-state index in [1.54, 1.807) is 12.3 Å². The van der Waals surface area contributed by atoms with Gasteiger partial charge >= 0.3 is 0 Å². The number of pyridine rings is 1. The van der Waals surface area contributed by atoms with Gasteiger partial charge in [0, 0.05) is 18.9 Å². The second-order valence-electron chi connectivity index (χ2n) is 4.39. The van der Waals surface area contributed by atoms with Gasteiger partial charge in [0.1, 0.15) is 0 Å². The van der Waals surface area contributed by atoms with Crippen molar-refractivity contribution in [1.29, 1.82) is 0 Å². The highest BCUT2D eigenvalue weighted by molar-refractivity contribution is 6.33. The topological polar surface area (TPSA) is 42.0 Å². The third-order valence-corrected chi connectivity index (χ3v) is 3.67. The van der Waals surface area contributed by atoms with Crippen LogP contribution in [-0.4, -0.2) is 17.4 Å². The minimum absolute atomic E-state index is 0.127. The van der Waals surface area contributed by atoms with E-state index in [-0.39, 0.29) is 5.91 Å². The van der Waals surface area contributed by atoms with Crippen LogP contribution in [0.5, 0.6) is 0 Å². The number of aromatic nitrogens is 1. The van der Waals surface area contributed by atoms with E-state index in [0.29, 0.717) is 16.0 Å². The Morgan fingerprint density at radius 2 is 2.38 bits per heavy atom. The van der Waals surface area contributed by atoms with Crippen LogP contribution in [0.4, 0.5) is 0 Å². The van der Waals surface area contributed by atoms with E-state index in [1.807, 2.05) is 0 Å². The molecular formula is C12H15ClN2O. The maximum Gasteiger partial charge on any atom is 0.254 e. The highest BCUT2D eigenvalue weighted by atomic mass is 35.5. The smallest absolute Gasteiger partial charge is 0.254 e. The van der Waals surface area contributed by atoms with Crippen molar-refractivity contribution in [2.75, 3.05) is 6.54 Å². The van der Waals surface area contributed by atoms with E-state index in [9.17, 15) is 4.79 Å². The lowest BCUT2D eigenvalue weighted by atomic mass is 10.0. The Hall–Kier alpha value is -1.09. The number of rotatable bonds is 4. The van der Waals surface area contributed by atoms with E-state index in [4.69, 9.17) is 11.6 Å². The zero-order valence-corrected chi connectivity index (χ0v) is 10.0. The molecule has 86 valence electrons. The third kappa shape index (κ3) is 2.35. The summed E-state index contributed by atoms with van der Waals surface area (Å²) in [5, 5.41) is 3.38. The van der Waals surface area contributed by atoms with Gasteiger partial charge in [0.05, 0.1) is 10.6 Å². The Morgan fingerprint density at radius 1 is 1.62 bits per heavy atom. The van der Waals surface area contributed by atoms with Gasteiger partial charge < -0.3 is 5.32 Å². The summed E-state index contributed by atoms with van der Waals surface area (Å²) in [5.41, 5.74) is 0.806. The molecule has 0 atom stereocenters. The lowest BCUT2D eigenvalue weighted by molar-refractivity contribution is 0.0944. The van der Waals surface area contributed by atoms with E-state index >= 15 is 0 Å². The fourth-order valence-corrected chi connectivity index (χ4v) is 1.93. The Kier molecular flexibility index (Phi) is 3.15. The van der Waals surface area contributed by atoms with Gasteiger partial charge in [-0.3, -0.25) is 9.78 Å². The molecule has 0 unspecified atom stereocenters. The van der Waals surface area contributed by atoms with Crippen molar-refractivity contribution in [2.24, 2.45) is 5.41 Å². The molecule has 0 radical (unpaired) electrons. The van der Waals surface area contributed by atoms with Gasteiger partial charge in [-0.2, -0.15) is 0 Å². The fourth-order valence-electron chi connectivity index (χ4n) is 1.74. The third-order valence-electron chi connectivity index (χ3n) is 3.34. The van der Waals surface area contributed by atoms with Crippen molar-refractivity contribution in [2.45, 2.75) is 26.2 Å². The van der Waals surface area contributed by atoms with Crippen LogP contribution in [0.3, 0.4) is 0 Å². The molecular weight excluding hydrogens is 224 g/mol. The van der Waals surface area contributed by atoms with E-state index < -0.39 is 0 Å². The summed E-state index contributed by atoms with van der Waals surface area (Å²) in [6.07, 6.45) is 6.62. The predicted molar refractivity (Wildman–Crippen MR) is 63.5 cm³/mol. The van der Waals surface area contributed by atoms with Gasteiger partial charge in [-0.15, -0.1) is 0 Å². The lowest BCUT2D eigenvalue weighted by Crippen LogP contribution is -2.30. The van der Waals surface area contributed by atoms with Crippen LogP contribution >= 0.6 is 11.6 Å². The summed E-state index contributed by atoms with van der Waals surface area (Å²) >= 11 is 5.92. The Bertz CT molecular complexity index is 402. The molecule has 0 aromatic carbocycles. The standard InChI is InChI=1S/C12H15ClN2O/c1-2-12(4-5-12)8-15-11(16)9-7-14-6-3-10(9)13/h3,6-7H,2,4-5,8H2,1H3,(H,15,16). The average Bonchev–Trinajstić information content (AvgIpc) is 3.07. The van der Waals surface area contributed by atoms with E-state index in [1.165, 1.54) is 19.0 Å². The van der Waals surface area contributed by atoms with Crippen LogP contribution in [0.1, 0.15) is 36.5 Å². The monoisotopic (exact) mass is 238 g/mol. The SMILES string of the molecule is CCC1(CNC(=O)c2cnccc2Cl)CC1. The maximum atomic E-state index is 11.8. The number of amides is 1. The van der Waals surface area contributed by atoms with Crippen LogP contribution in [0, 0.1) is 5.41 Å². The summed E-state index contributed by atoms with van der Waals surface area (Å²) in [5.74, 6) is -0.127. The molecule has 2 rings (SSSR count). The minimum atomic E-state index is -0.127. The summed E-state index contributed by atoms with van der Waals surface area (Å²) in [6, 6.07) is 1.63. The van der Waals surface area contributed by atoms with Gasteiger partial charge in [-0.25, -0.2) is 0 Å². The number of halogens is 1. The first kappa shape index (κ1) is 11.4. The Morgan fingerprint density at radius 3 is 2.94 bits per heavy atom. The van der Waals surface area contributed by atoms with Crippen molar-refractivity contribution >= 4 is 17.5 Å². The quantitative estimate of drug-likeness (QED) is 0.876. The maximum absolute atomic E-state index is 11.8. The molecule has 3 nitrogen and oxygen atoms in total. The summed E-state index contributed by atoms with van der Waals surface area (Å²) in [6.45, 7) is 2.91. The minimum Gasteiger partial charge on any atom is -0.351 e. The van der Waals surface area contributed by atoms with Crippen LogP contribution in [0.15, 0.2) is 18.5 Å². The molecule has 1 aromatic heterocycles. The number of nitrogens with one attached hydrogen (secondary N) is 1. The van der Waals surface area contributed by atoms with Gasteiger partial charge in [-0.1, -0.05) is 18.5 Å². The molecule has 1 fully saturated rings. The Labute approximate surface area is 100 Å². The molecule has 1 amide bonds. The first-order chi connectivity index (χ1) is 7.67. The molecule has 0 bridgehead atoms. The predicted octanol–water partition coefficient (Wildman–Crippen LogP) is 2.66. The Balaban J connectivity index is 1.96. The molecule has 0 aliphatic heterocycles. The number of carbonyl (C=O) groups excluding carboxylic acids is 1. The second-order valence-corrected chi connectivity index (χ2v) is 4.80. The molecule has 1 aliphatic rings. The average molecular weight is 239 g/mol. The summed E-state index contributed by atoms with van der Waals surface area (Å²) in [4.78, 5) is 15.7. The van der Waals surface area contributed by atoms with Crippen molar-refractivity contribution in [1.82, 2.24) is 10.3 Å². The van der Waals surface area contributed by atoms with Crippen LogP contribution in [-0.2, 0) is 0 Å². The van der Waals surface area contributed by atoms with Crippen LogP contribution in [0.25, 0.3) is 0 Å². The van der Waals surface area contributed by atoms with Gasteiger partial charge in [0.2, 0.25) is 0 Å². The van der Waals surface area contributed by atoms with E-state index in [0.717, 1.165) is 13.0 Å². The van der Waals surface area contributed by atoms with Crippen molar-refractivity contribution in [3.8, 4) is 0 Å². The fraction of sp³-hybridized carbons (Fsp3) is 0.500. The molecule has 1 aliphatic carbocycles. The zero-order chi connectivity index (χ0) is 11.6. The number of nitrogens with zero attached hydrogens (tertiary/aromatic N) is 1. The van der Waals surface area contributed by atoms with Crippen LogP contribution in [0.2, 0.25) is 5.02 Å². The van der Waals surface area contributed by atoms with Gasteiger partial charge in [-0.05, 0) is 30.7 Å². The molecule has 1 heterocycles. The first-order valence-electron chi connectivity index (χ1n) is 5.55. The highest BCUT2D eigenvalue weighted by Gasteiger charge is 2.40. The molecule has 16 heavy (non-hydrogen) atoms. The largest absolute Gasteiger partial charge is 0.351 e. The normalized spacial score (nSPS) is 16.9. The van der Waals surface area contributed by atoms with Gasteiger partial charge in [0.15, 0.2) is 0 Å². The van der Waals surface area contributed by atoms with Crippen molar-refractivity contribution in [3.05, 3.63) is 29.0 Å². The molecule has 1 N–H and O–H groups in total. The zero-order valence-electron chi connectivity index (χ0n) is 9.29. The summed E-state index contributed by atoms with van der Waals surface area (Å²) < 4.78 is 0. The number of carbonyl (C=O) groups is 1. The number of hydrogen-bond acceptors (Lipinski definition) is 2. The number of hydrogen-bond donors (Lipinski definition) is 1. The highest BCUT2D eigenvalue weighted by Crippen LogP contribution is 2.47. The molecule has 0 saturated heterocycles. The van der Waals surface area contributed by atoms with Crippen LogP contribution < -0.4 is 5.32 Å². The summed E-state index contributed by atoms with van der Waals surface area (Å²) in [7, 11) is 0. The second kappa shape index (κ2) is 4.42. The molecule has 0 spiro atoms. The van der Waals surface area contributed by atoms with E-state index in [2.05, 4.69) is 17.2 Å². The molecule has 1 aromatic rings. The lowest BCUT2D eigenvalue weighted by Gasteiger charge is -2.13. The van der Waals surface area contributed by atoms with Crippen molar-refractivity contribution in [3.63, 3.8) is 0 Å². The molecule has 4 heteroatoms. The first-order valence-corrected chi connectivity index (χ1v) is 5.92. The molecule has 1 saturated carbocycles.